The van der Waals surface area contributed by atoms with E-state index in [2.05, 4.69) is 10.6 Å². The predicted octanol–water partition coefficient (Wildman–Crippen LogP) is 2.90. The van der Waals surface area contributed by atoms with E-state index in [4.69, 9.17) is 4.74 Å². The van der Waals surface area contributed by atoms with Crippen LogP contribution < -0.4 is 15.4 Å². The van der Waals surface area contributed by atoms with Gasteiger partial charge in [0.15, 0.2) is 0 Å². The Labute approximate surface area is 160 Å². The van der Waals surface area contributed by atoms with Gasteiger partial charge < -0.3 is 15.4 Å². The fourth-order valence-electron chi connectivity index (χ4n) is 2.19. The summed E-state index contributed by atoms with van der Waals surface area (Å²) in [5.74, 6) is -1.42. The minimum atomic E-state index is -1.01. The Morgan fingerprint density at radius 3 is 2.50 bits per heavy atom. The number of amides is 2. The number of nitro benzene ring substituents is 1. The Kier molecular flexibility index (Phi) is 6.80. The average Bonchev–Trinajstić information content (AvgIpc) is 2.67. The molecule has 0 heterocycles. The third-order valence-electron chi connectivity index (χ3n) is 3.71. The first-order valence-corrected chi connectivity index (χ1v) is 8.17. The maximum absolute atomic E-state index is 13.3. The van der Waals surface area contributed by atoms with Crippen molar-refractivity contribution in [1.29, 1.82) is 0 Å². The third-order valence-corrected chi connectivity index (χ3v) is 3.71. The molecule has 28 heavy (non-hydrogen) atoms. The van der Waals surface area contributed by atoms with E-state index in [9.17, 15) is 24.1 Å². The summed E-state index contributed by atoms with van der Waals surface area (Å²) in [6, 6.07) is 9.08. The molecular weight excluding hydrogens is 369 g/mol. The van der Waals surface area contributed by atoms with Crippen LogP contribution in [0.5, 0.6) is 5.75 Å². The topological polar surface area (TPSA) is 111 Å². The lowest BCUT2D eigenvalue weighted by molar-refractivity contribution is -0.387. The largest absolute Gasteiger partial charge is 0.497 e. The summed E-state index contributed by atoms with van der Waals surface area (Å²) in [6.45, 7) is 1.45. The van der Waals surface area contributed by atoms with Gasteiger partial charge in [0.25, 0.3) is 0 Å². The summed E-state index contributed by atoms with van der Waals surface area (Å²) >= 11 is 0. The van der Waals surface area contributed by atoms with Crippen molar-refractivity contribution in [2.24, 2.45) is 0 Å². The van der Waals surface area contributed by atoms with Crippen molar-refractivity contribution in [3.05, 3.63) is 70.0 Å². The molecule has 8 nitrogen and oxygen atoms in total. The second-order valence-electron chi connectivity index (χ2n) is 5.75. The number of halogens is 1. The molecule has 2 N–H and O–H groups in total. The number of carbonyl (C=O) groups is 2. The van der Waals surface area contributed by atoms with Gasteiger partial charge in [0.1, 0.15) is 11.8 Å². The van der Waals surface area contributed by atoms with Gasteiger partial charge in [-0.05, 0) is 42.8 Å². The molecule has 0 radical (unpaired) electrons. The summed E-state index contributed by atoms with van der Waals surface area (Å²) < 4.78 is 18.4. The van der Waals surface area contributed by atoms with Crippen molar-refractivity contribution in [3.8, 4) is 5.75 Å². The molecule has 2 rings (SSSR count). The molecule has 9 heteroatoms. The van der Waals surface area contributed by atoms with Crippen LogP contribution in [0.2, 0.25) is 0 Å². The molecule has 0 saturated heterocycles. The van der Waals surface area contributed by atoms with E-state index in [1.165, 1.54) is 19.1 Å². The molecule has 2 aromatic rings. The summed E-state index contributed by atoms with van der Waals surface area (Å²) in [6.07, 6.45) is 2.84. The fraction of sp³-hybridized carbons (Fsp3) is 0.158. The second-order valence-corrected chi connectivity index (χ2v) is 5.75. The zero-order chi connectivity index (χ0) is 20.7. The van der Waals surface area contributed by atoms with Gasteiger partial charge in [-0.2, -0.15) is 4.39 Å². The number of methoxy groups -OCH3 is 1. The van der Waals surface area contributed by atoms with Crippen molar-refractivity contribution < 1.29 is 23.6 Å². The van der Waals surface area contributed by atoms with E-state index >= 15 is 0 Å². The SMILES string of the molecule is COc1ccc(C=CC(=O)NC(C)C(=O)Nc2ccc(F)c([N+](=O)[O-])c2)cc1. The summed E-state index contributed by atoms with van der Waals surface area (Å²) in [7, 11) is 1.55. The average molecular weight is 387 g/mol. The van der Waals surface area contributed by atoms with Gasteiger partial charge in [-0.1, -0.05) is 12.1 Å². The summed E-state index contributed by atoms with van der Waals surface area (Å²) in [4.78, 5) is 33.9. The molecule has 0 aromatic heterocycles. The molecular formula is C19H18FN3O5. The number of nitrogens with one attached hydrogen (secondary N) is 2. The van der Waals surface area contributed by atoms with Crippen molar-refractivity contribution in [2.45, 2.75) is 13.0 Å². The molecule has 2 amide bonds. The predicted molar refractivity (Wildman–Crippen MR) is 101 cm³/mol. The normalized spacial score (nSPS) is 11.7. The summed E-state index contributed by atoms with van der Waals surface area (Å²) in [5.41, 5.74) is 0.0663. The highest BCUT2D eigenvalue weighted by Gasteiger charge is 2.18. The van der Waals surface area contributed by atoms with Gasteiger partial charge in [-0.25, -0.2) is 0 Å². The van der Waals surface area contributed by atoms with Crippen molar-refractivity contribution >= 4 is 29.3 Å². The van der Waals surface area contributed by atoms with Gasteiger partial charge in [0, 0.05) is 17.8 Å². The second kappa shape index (κ2) is 9.26. The van der Waals surface area contributed by atoms with Crippen molar-refractivity contribution in [2.75, 3.05) is 12.4 Å². The maximum Gasteiger partial charge on any atom is 0.306 e. The Morgan fingerprint density at radius 2 is 1.89 bits per heavy atom. The number of carbonyl (C=O) groups excluding carboxylic acids is 2. The first-order chi connectivity index (χ1) is 13.3. The molecule has 0 bridgehead atoms. The summed E-state index contributed by atoms with van der Waals surface area (Å²) in [5, 5.41) is 15.6. The van der Waals surface area contributed by atoms with Crippen LogP contribution in [0.4, 0.5) is 15.8 Å². The first kappa shape index (κ1) is 20.6. The van der Waals surface area contributed by atoms with E-state index in [1.54, 1.807) is 37.5 Å². The lowest BCUT2D eigenvalue weighted by Crippen LogP contribution is -2.40. The van der Waals surface area contributed by atoms with E-state index in [0.717, 1.165) is 17.7 Å². The first-order valence-electron chi connectivity index (χ1n) is 8.17. The number of nitro groups is 1. The van der Waals surface area contributed by atoms with Gasteiger partial charge in [0.05, 0.1) is 12.0 Å². The van der Waals surface area contributed by atoms with Crippen molar-refractivity contribution in [1.82, 2.24) is 5.32 Å². The van der Waals surface area contributed by atoms with Crippen LogP contribution in [-0.4, -0.2) is 29.9 Å². The highest BCUT2D eigenvalue weighted by atomic mass is 19.1. The van der Waals surface area contributed by atoms with E-state index in [1.807, 2.05) is 0 Å². The van der Waals surface area contributed by atoms with Gasteiger partial charge in [-0.15, -0.1) is 0 Å². The lowest BCUT2D eigenvalue weighted by atomic mass is 10.2. The number of anilines is 1. The Hall–Kier alpha value is -3.75. The quantitative estimate of drug-likeness (QED) is 0.431. The number of hydrogen-bond donors (Lipinski definition) is 2. The molecule has 0 aliphatic carbocycles. The molecule has 0 spiro atoms. The minimum Gasteiger partial charge on any atom is -0.497 e. The van der Waals surface area contributed by atoms with E-state index in [-0.39, 0.29) is 5.69 Å². The lowest BCUT2D eigenvalue weighted by Gasteiger charge is -2.13. The molecule has 1 atom stereocenters. The monoisotopic (exact) mass is 387 g/mol. The number of ether oxygens (including phenoxy) is 1. The van der Waals surface area contributed by atoms with E-state index < -0.39 is 34.3 Å². The standard InChI is InChI=1S/C19H18FN3O5/c1-12(19(25)22-14-6-9-16(20)17(11-14)23(26)27)21-18(24)10-5-13-3-7-15(28-2)8-4-13/h3-12H,1-2H3,(H,21,24)(H,22,25). The Bertz CT molecular complexity index is 912. The number of benzene rings is 2. The van der Waals surface area contributed by atoms with Crippen LogP contribution in [-0.2, 0) is 9.59 Å². The molecule has 0 aliphatic rings. The van der Waals surface area contributed by atoms with Gasteiger partial charge in [-0.3, -0.25) is 19.7 Å². The van der Waals surface area contributed by atoms with Gasteiger partial charge in [0.2, 0.25) is 17.6 Å². The van der Waals surface area contributed by atoms with Crippen LogP contribution in [0, 0.1) is 15.9 Å². The minimum absolute atomic E-state index is 0.0490. The number of rotatable bonds is 7. The van der Waals surface area contributed by atoms with Crippen LogP contribution in [0.3, 0.4) is 0 Å². The highest BCUT2D eigenvalue weighted by molar-refractivity contribution is 5.99. The Balaban J connectivity index is 1.94. The van der Waals surface area contributed by atoms with Crippen molar-refractivity contribution in [3.63, 3.8) is 0 Å². The molecule has 0 saturated carbocycles. The van der Waals surface area contributed by atoms with E-state index in [0.29, 0.717) is 5.75 Å². The van der Waals surface area contributed by atoms with Crippen LogP contribution in [0.25, 0.3) is 6.08 Å². The Morgan fingerprint density at radius 1 is 1.21 bits per heavy atom. The van der Waals surface area contributed by atoms with Gasteiger partial charge >= 0.3 is 5.69 Å². The molecule has 0 fully saturated rings. The maximum atomic E-state index is 13.3. The fourth-order valence-corrected chi connectivity index (χ4v) is 2.19. The van der Waals surface area contributed by atoms with Crippen LogP contribution in [0.15, 0.2) is 48.5 Å². The third kappa shape index (κ3) is 5.63. The molecule has 1 unspecified atom stereocenters. The van der Waals surface area contributed by atoms with Crippen LogP contribution >= 0.6 is 0 Å². The smallest absolute Gasteiger partial charge is 0.306 e. The highest BCUT2D eigenvalue weighted by Crippen LogP contribution is 2.21. The zero-order valence-electron chi connectivity index (χ0n) is 15.1. The molecule has 0 aliphatic heterocycles. The molecule has 146 valence electrons. The zero-order valence-corrected chi connectivity index (χ0v) is 15.1. The number of nitrogens with zero attached hydrogens (tertiary/aromatic N) is 1. The molecule has 2 aromatic carbocycles. The number of hydrogen-bond acceptors (Lipinski definition) is 5. The van der Waals surface area contributed by atoms with Crippen LogP contribution in [0.1, 0.15) is 12.5 Å².